The Morgan fingerprint density at radius 1 is 1.46 bits per heavy atom. The Labute approximate surface area is 206 Å². The molecule has 3 aromatic heterocycles. The van der Waals surface area contributed by atoms with Crippen LogP contribution in [0.3, 0.4) is 0 Å². The van der Waals surface area contributed by atoms with E-state index >= 15 is 0 Å². The van der Waals surface area contributed by atoms with E-state index in [0.29, 0.717) is 16.9 Å². The van der Waals surface area contributed by atoms with E-state index in [1.165, 1.54) is 24.3 Å². The van der Waals surface area contributed by atoms with Crippen LogP contribution in [0.2, 0.25) is 0 Å². The van der Waals surface area contributed by atoms with Gasteiger partial charge in [-0.3, -0.25) is 14.5 Å². The SMILES string of the molecule is CON=C(C(=O)NC1C(=O)N2C(C(=O)[O-])=C(C[n+]3ccc4ccoc4c3)CS[C@H]12)c1csc(N)n1. The van der Waals surface area contributed by atoms with Crippen molar-refractivity contribution in [2.45, 2.75) is 18.0 Å². The van der Waals surface area contributed by atoms with Crippen LogP contribution >= 0.6 is 23.1 Å². The van der Waals surface area contributed by atoms with Gasteiger partial charge in [-0.25, -0.2) is 4.98 Å². The minimum absolute atomic E-state index is 0.145. The van der Waals surface area contributed by atoms with Crippen LogP contribution < -0.4 is 20.7 Å². The average Bonchev–Trinajstić information content (AvgIpc) is 3.48. The van der Waals surface area contributed by atoms with E-state index < -0.39 is 29.2 Å². The molecule has 1 fully saturated rings. The molecule has 0 radical (unpaired) electrons. The molecule has 0 aromatic carbocycles. The molecule has 1 saturated heterocycles. The van der Waals surface area contributed by atoms with Gasteiger partial charge in [0.25, 0.3) is 11.8 Å². The number of thiazole rings is 1. The fourth-order valence-corrected chi connectivity index (χ4v) is 5.84. The highest BCUT2D eigenvalue weighted by Gasteiger charge is 2.53. The van der Waals surface area contributed by atoms with E-state index in [0.717, 1.165) is 21.6 Å². The summed E-state index contributed by atoms with van der Waals surface area (Å²) in [4.78, 5) is 47.7. The number of oxime groups is 1. The van der Waals surface area contributed by atoms with Gasteiger partial charge in [0.1, 0.15) is 24.2 Å². The van der Waals surface area contributed by atoms with Crippen LogP contribution in [0.4, 0.5) is 5.13 Å². The van der Waals surface area contributed by atoms with Gasteiger partial charge in [0, 0.05) is 28.2 Å². The van der Waals surface area contributed by atoms with E-state index in [2.05, 4.69) is 15.5 Å². The fraction of sp³-hybridized carbons (Fsp3) is 0.238. The highest BCUT2D eigenvalue weighted by molar-refractivity contribution is 8.00. The number of carbonyl (C=O) groups is 3. The maximum atomic E-state index is 13.0. The number of anilines is 1. The van der Waals surface area contributed by atoms with Gasteiger partial charge in [-0.2, -0.15) is 4.57 Å². The second kappa shape index (κ2) is 9.03. The summed E-state index contributed by atoms with van der Waals surface area (Å²) in [6, 6.07) is 2.73. The number of aromatic nitrogens is 2. The highest BCUT2D eigenvalue weighted by Crippen LogP contribution is 2.40. The fourth-order valence-electron chi connectivity index (χ4n) is 3.96. The zero-order chi connectivity index (χ0) is 24.7. The van der Waals surface area contributed by atoms with E-state index in [-0.39, 0.29) is 28.8 Å². The third kappa shape index (κ3) is 4.10. The van der Waals surface area contributed by atoms with Crippen LogP contribution in [-0.4, -0.2) is 57.7 Å². The minimum atomic E-state index is -1.46. The number of pyridine rings is 1. The van der Waals surface area contributed by atoms with Crippen LogP contribution in [0.15, 0.2) is 57.0 Å². The van der Waals surface area contributed by atoms with Crippen molar-refractivity contribution in [3.8, 4) is 0 Å². The summed E-state index contributed by atoms with van der Waals surface area (Å²) in [7, 11) is 1.27. The molecular weight excluding hydrogens is 496 g/mol. The molecule has 12 nitrogen and oxygen atoms in total. The number of aliphatic carboxylic acids is 1. The summed E-state index contributed by atoms with van der Waals surface area (Å²) >= 11 is 2.47. The van der Waals surface area contributed by atoms with Gasteiger partial charge in [0.15, 0.2) is 29.2 Å². The van der Waals surface area contributed by atoms with Gasteiger partial charge >= 0.3 is 0 Å². The van der Waals surface area contributed by atoms with E-state index in [1.54, 1.807) is 23.2 Å². The standard InChI is InChI=1S/C21H18N6O6S2/c1-32-25-14(12-9-35-21(22)23-12)17(28)24-15-18(29)27-16(20(30)31)11(8-34-19(15)27)6-26-4-2-10-3-5-33-13(10)7-26/h2-5,7,9,15,19H,6,8H2,1H3,(H3-,22,23,24,28,30,31)/t15?,19-/m1/s1. The maximum absolute atomic E-state index is 13.0. The first-order valence-corrected chi connectivity index (χ1v) is 12.2. The lowest BCUT2D eigenvalue weighted by Gasteiger charge is -2.50. The molecule has 2 amide bonds. The van der Waals surface area contributed by atoms with Gasteiger partial charge in [0.05, 0.1) is 17.9 Å². The summed E-state index contributed by atoms with van der Waals surface area (Å²) in [5.41, 5.74) is 6.68. The molecule has 0 spiro atoms. The van der Waals surface area contributed by atoms with Crippen LogP contribution in [0.5, 0.6) is 0 Å². The Bertz CT molecular complexity index is 1410. The number of carbonyl (C=O) groups excluding carboxylic acids is 3. The molecule has 3 aromatic rings. The smallest absolute Gasteiger partial charge is 0.276 e. The Balaban J connectivity index is 1.36. The van der Waals surface area contributed by atoms with Crippen molar-refractivity contribution in [3.05, 3.63) is 53.1 Å². The van der Waals surface area contributed by atoms with Gasteiger partial charge in [-0.05, 0) is 6.07 Å². The first-order valence-electron chi connectivity index (χ1n) is 10.2. The second-order valence-corrected chi connectivity index (χ2v) is 9.65. The lowest BCUT2D eigenvalue weighted by atomic mass is 10.0. The summed E-state index contributed by atoms with van der Waals surface area (Å²) in [5, 5.41) is 20.4. The zero-order valence-corrected chi connectivity index (χ0v) is 19.8. The first-order chi connectivity index (χ1) is 16.9. The van der Waals surface area contributed by atoms with Crippen LogP contribution in [0.1, 0.15) is 5.69 Å². The number of fused-ring (bicyclic) bond motifs is 2. The Morgan fingerprint density at radius 2 is 2.29 bits per heavy atom. The van der Waals surface area contributed by atoms with Crippen LogP contribution in [0.25, 0.3) is 11.0 Å². The number of hydrogen-bond acceptors (Lipinski definition) is 11. The molecule has 0 aliphatic carbocycles. The lowest BCUT2D eigenvalue weighted by molar-refractivity contribution is -0.688. The third-order valence-corrected chi connectivity index (χ3v) is 7.53. The number of nitrogen functional groups attached to an aromatic ring is 1. The van der Waals surface area contributed by atoms with Crippen LogP contribution in [-0.2, 0) is 25.8 Å². The number of furan rings is 1. The van der Waals surface area contributed by atoms with Gasteiger partial charge in [-0.15, -0.1) is 23.1 Å². The van der Waals surface area contributed by atoms with Crippen molar-refractivity contribution in [2.75, 3.05) is 18.6 Å². The average molecular weight is 515 g/mol. The molecule has 2 aliphatic rings. The van der Waals surface area contributed by atoms with Crippen molar-refractivity contribution in [1.82, 2.24) is 15.2 Å². The number of nitrogens with zero attached hydrogens (tertiary/aromatic N) is 4. The molecule has 0 saturated carbocycles. The minimum Gasteiger partial charge on any atom is -0.543 e. The Hall–Kier alpha value is -3.91. The number of nitrogens with one attached hydrogen (secondary N) is 1. The lowest BCUT2D eigenvalue weighted by Crippen LogP contribution is -2.71. The zero-order valence-electron chi connectivity index (χ0n) is 18.2. The number of nitrogens with two attached hydrogens (primary N) is 1. The topological polar surface area (TPSA) is 167 Å². The molecule has 2 atom stereocenters. The highest BCUT2D eigenvalue weighted by atomic mass is 32.2. The predicted molar refractivity (Wildman–Crippen MR) is 124 cm³/mol. The third-order valence-electron chi connectivity index (χ3n) is 5.52. The second-order valence-electron chi connectivity index (χ2n) is 7.65. The molecule has 0 bridgehead atoms. The monoisotopic (exact) mass is 514 g/mol. The predicted octanol–water partition coefficient (Wildman–Crippen LogP) is -0.786. The van der Waals surface area contributed by atoms with Crippen molar-refractivity contribution in [2.24, 2.45) is 5.16 Å². The number of thioether (sulfide) groups is 1. The van der Waals surface area contributed by atoms with E-state index in [1.807, 2.05) is 12.1 Å². The van der Waals surface area contributed by atoms with E-state index in [9.17, 15) is 19.5 Å². The number of carboxylic acid groups (broad SMARTS) is 1. The Kier molecular flexibility index (Phi) is 5.90. The quantitative estimate of drug-likeness (QED) is 0.178. The molecular formula is C21H18N6O6S2. The summed E-state index contributed by atoms with van der Waals surface area (Å²) in [5.74, 6) is -2.38. The number of rotatable bonds is 7. The van der Waals surface area contributed by atoms with Crippen molar-refractivity contribution < 1.29 is 33.3 Å². The molecule has 35 heavy (non-hydrogen) atoms. The number of β-lactam (4-membered cyclic amide) rings is 1. The number of hydrogen-bond donors (Lipinski definition) is 2. The molecule has 180 valence electrons. The van der Waals surface area contributed by atoms with Crippen molar-refractivity contribution in [1.29, 1.82) is 0 Å². The van der Waals surface area contributed by atoms with Crippen molar-refractivity contribution in [3.63, 3.8) is 0 Å². The summed E-state index contributed by atoms with van der Waals surface area (Å²) < 4.78 is 7.18. The molecule has 2 aliphatic heterocycles. The largest absolute Gasteiger partial charge is 0.543 e. The molecule has 5 heterocycles. The molecule has 14 heteroatoms. The van der Waals surface area contributed by atoms with E-state index in [4.69, 9.17) is 15.0 Å². The normalized spacial score (nSPS) is 20.0. The first kappa shape index (κ1) is 22.9. The molecule has 5 rings (SSSR count). The number of amides is 2. The van der Waals surface area contributed by atoms with Gasteiger partial charge in [0.2, 0.25) is 6.20 Å². The van der Waals surface area contributed by atoms with Crippen LogP contribution in [0, 0.1) is 0 Å². The number of carboxylic acids is 1. The van der Waals surface area contributed by atoms with Gasteiger partial charge in [-0.1, -0.05) is 5.16 Å². The van der Waals surface area contributed by atoms with Gasteiger partial charge < -0.3 is 30.2 Å². The summed E-state index contributed by atoms with van der Waals surface area (Å²) in [6.45, 7) is 0.233. The molecule has 3 N–H and O–H groups in total. The maximum Gasteiger partial charge on any atom is 0.276 e. The summed E-state index contributed by atoms with van der Waals surface area (Å²) in [6.07, 6.45) is 5.13. The molecule has 1 unspecified atom stereocenters. The van der Waals surface area contributed by atoms with Crippen molar-refractivity contribution >= 4 is 62.7 Å². The Morgan fingerprint density at radius 3 is 3.00 bits per heavy atom.